The third-order valence-electron chi connectivity index (χ3n) is 6.24. The van der Waals surface area contributed by atoms with Crippen molar-refractivity contribution < 1.29 is 0 Å². The van der Waals surface area contributed by atoms with Crippen molar-refractivity contribution in [3.05, 3.63) is 125 Å². The summed E-state index contributed by atoms with van der Waals surface area (Å²) in [5.74, 6) is 0.849. The Morgan fingerprint density at radius 3 is 2.61 bits per heavy atom. The lowest BCUT2D eigenvalue weighted by Gasteiger charge is -2.09. The summed E-state index contributed by atoms with van der Waals surface area (Å²) in [6.45, 7) is 3.01. The van der Waals surface area contributed by atoms with Crippen molar-refractivity contribution in [2.24, 2.45) is 0 Å². The van der Waals surface area contributed by atoms with Crippen LogP contribution in [0.4, 0.5) is 5.82 Å². The minimum atomic E-state index is -0.0784. The van der Waals surface area contributed by atoms with E-state index < -0.39 is 0 Å². The number of hydrogen-bond donors (Lipinski definition) is 1. The van der Waals surface area contributed by atoms with Gasteiger partial charge in [0.15, 0.2) is 0 Å². The molecule has 0 atom stereocenters. The number of nitrogens with zero attached hydrogens (tertiary/aromatic N) is 5. The van der Waals surface area contributed by atoms with Crippen LogP contribution < -0.4 is 10.9 Å². The monoisotopic (exact) mass is 472 g/mol. The summed E-state index contributed by atoms with van der Waals surface area (Å²) in [5, 5.41) is 4.85. The van der Waals surface area contributed by atoms with Gasteiger partial charge in [-0.05, 0) is 47.7 Å². The largest absolute Gasteiger partial charge is 0.366 e. The molecule has 6 aromatic rings. The predicted molar refractivity (Wildman–Crippen MR) is 142 cm³/mol. The molecule has 1 N–H and O–H groups in total. The fourth-order valence-corrected chi connectivity index (χ4v) is 4.46. The molecule has 0 aliphatic rings. The van der Waals surface area contributed by atoms with E-state index in [9.17, 15) is 4.79 Å². The highest BCUT2D eigenvalue weighted by molar-refractivity contribution is 5.95. The Balaban J connectivity index is 1.26. The van der Waals surface area contributed by atoms with Gasteiger partial charge in [0.05, 0.1) is 17.6 Å². The van der Waals surface area contributed by atoms with E-state index in [1.54, 1.807) is 10.8 Å². The molecule has 0 unspecified atom stereocenters. The maximum Gasteiger partial charge on any atom is 0.260 e. The van der Waals surface area contributed by atoms with Gasteiger partial charge in [0.1, 0.15) is 11.5 Å². The van der Waals surface area contributed by atoms with Gasteiger partial charge in [0, 0.05) is 48.8 Å². The molecule has 1 aromatic carbocycles. The summed E-state index contributed by atoms with van der Waals surface area (Å²) in [6, 6.07) is 22.0. The van der Waals surface area contributed by atoms with Crippen LogP contribution in [0.15, 0.2) is 103 Å². The van der Waals surface area contributed by atoms with Gasteiger partial charge in [-0.2, -0.15) is 0 Å². The highest BCUT2D eigenvalue weighted by atomic mass is 16.1. The SMILES string of the molecule is Cc1cccc(NCc2ccc3nc(Cn4ccc5c(-c6ccccc6)cncc5c4=O)cn3c2)n1. The second kappa shape index (κ2) is 9.11. The molecule has 0 fully saturated rings. The Kier molecular flexibility index (Phi) is 5.50. The Labute approximate surface area is 207 Å². The summed E-state index contributed by atoms with van der Waals surface area (Å²) in [7, 11) is 0. The van der Waals surface area contributed by atoms with Crippen LogP contribution in [0.1, 0.15) is 17.0 Å². The van der Waals surface area contributed by atoms with Crippen LogP contribution in [-0.4, -0.2) is 23.9 Å². The van der Waals surface area contributed by atoms with Crippen molar-refractivity contribution in [3.8, 4) is 11.1 Å². The van der Waals surface area contributed by atoms with Gasteiger partial charge in [0.2, 0.25) is 0 Å². The van der Waals surface area contributed by atoms with Crippen LogP contribution in [0, 0.1) is 6.92 Å². The van der Waals surface area contributed by atoms with Gasteiger partial charge < -0.3 is 14.3 Å². The molecule has 0 saturated heterocycles. The summed E-state index contributed by atoms with van der Waals surface area (Å²) in [6.07, 6.45) is 9.32. The zero-order valence-electron chi connectivity index (χ0n) is 19.8. The van der Waals surface area contributed by atoms with E-state index >= 15 is 0 Å². The molecular formula is C29H24N6O. The smallest absolute Gasteiger partial charge is 0.260 e. The zero-order valence-corrected chi connectivity index (χ0v) is 19.8. The second-order valence-corrected chi connectivity index (χ2v) is 8.82. The van der Waals surface area contributed by atoms with E-state index in [0.717, 1.165) is 44.9 Å². The van der Waals surface area contributed by atoms with E-state index in [4.69, 9.17) is 4.98 Å². The van der Waals surface area contributed by atoms with Crippen molar-refractivity contribution >= 4 is 22.2 Å². The lowest BCUT2D eigenvalue weighted by molar-refractivity contribution is 0.752. The average Bonchev–Trinajstić information content (AvgIpc) is 3.31. The number of benzene rings is 1. The van der Waals surface area contributed by atoms with Gasteiger partial charge >= 0.3 is 0 Å². The topological polar surface area (TPSA) is 77.1 Å². The van der Waals surface area contributed by atoms with Crippen molar-refractivity contribution in [2.45, 2.75) is 20.0 Å². The minimum absolute atomic E-state index is 0.0784. The Morgan fingerprint density at radius 2 is 1.75 bits per heavy atom. The normalized spacial score (nSPS) is 11.2. The summed E-state index contributed by atoms with van der Waals surface area (Å²) in [4.78, 5) is 26.9. The third-order valence-corrected chi connectivity index (χ3v) is 6.24. The standard InChI is InChI=1S/C29H24N6O/c1-20-6-5-9-27(32-20)31-14-21-10-11-28-33-23(19-35(28)17-21)18-34-13-12-24-25(22-7-3-2-4-8-22)15-30-16-26(24)29(34)36/h2-13,15-17,19H,14,18H2,1H3,(H,31,32). The highest BCUT2D eigenvalue weighted by Gasteiger charge is 2.11. The van der Waals surface area contributed by atoms with Gasteiger partial charge in [-0.3, -0.25) is 9.78 Å². The van der Waals surface area contributed by atoms with Crippen LogP contribution in [0.3, 0.4) is 0 Å². The molecule has 0 aliphatic carbocycles. The van der Waals surface area contributed by atoms with Crippen LogP contribution >= 0.6 is 0 Å². The van der Waals surface area contributed by atoms with E-state index in [2.05, 4.69) is 15.3 Å². The van der Waals surface area contributed by atoms with Gasteiger partial charge in [-0.15, -0.1) is 0 Å². The van der Waals surface area contributed by atoms with Crippen molar-refractivity contribution in [1.82, 2.24) is 23.9 Å². The molecule has 7 nitrogen and oxygen atoms in total. The molecule has 0 aliphatic heterocycles. The fraction of sp³-hybridized carbons (Fsp3) is 0.103. The zero-order chi connectivity index (χ0) is 24.5. The van der Waals surface area contributed by atoms with Gasteiger partial charge in [-0.1, -0.05) is 42.5 Å². The number of rotatable bonds is 6. The first-order chi connectivity index (χ1) is 17.6. The molecule has 0 radical (unpaired) electrons. The summed E-state index contributed by atoms with van der Waals surface area (Å²) >= 11 is 0. The number of fused-ring (bicyclic) bond motifs is 2. The molecular weight excluding hydrogens is 448 g/mol. The molecule has 6 rings (SSSR count). The van der Waals surface area contributed by atoms with Gasteiger partial charge in [0.25, 0.3) is 5.56 Å². The Morgan fingerprint density at radius 1 is 0.861 bits per heavy atom. The lowest BCUT2D eigenvalue weighted by Crippen LogP contribution is -2.20. The fourth-order valence-electron chi connectivity index (χ4n) is 4.46. The molecule has 7 heteroatoms. The number of imidazole rings is 1. The predicted octanol–water partition coefficient (Wildman–Crippen LogP) is 5.08. The number of anilines is 1. The molecule has 0 amide bonds. The lowest BCUT2D eigenvalue weighted by atomic mass is 10.0. The summed E-state index contributed by atoms with van der Waals surface area (Å²) < 4.78 is 3.68. The summed E-state index contributed by atoms with van der Waals surface area (Å²) in [5.41, 5.74) is 5.65. The average molecular weight is 473 g/mol. The van der Waals surface area contributed by atoms with Crippen LogP contribution in [0.5, 0.6) is 0 Å². The molecule has 0 bridgehead atoms. The van der Waals surface area contributed by atoms with Gasteiger partial charge in [-0.25, -0.2) is 9.97 Å². The Hall–Kier alpha value is -4.78. The minimum Gasteiger partial charge on any atom is -0.366 e. The van der Waals surface area contributed by atoms with Crippen molar-refractivity contribution in [3.63, 3.8) is 0 Å². The van der Waals surface area contributed by atoms with Crippen LogP contribution in [0.2, 0.25) is 0 Å². The molecule has 0 saturated carbocycles. The molecule has 176 valence electrons. The maximum atomic E-state index is 13.3. The highest BCUT2D eigenvalue weighted by Crippen LogP contribution is 2.25. The number of hydrogen-bond acceptors (Lipinski definition) is 5. The van der Waals surface area contributed by atoms with Crippen LogP contribution in [-0.2, 0) is 13.1 Å². The number of aromatic nitrogens is 5. The van der Waals surface area contributed by atoms with E-state index in [1.165, 1.54) is 0 Å². The molecule has 36 heavy (non-hydrogen) atoms. The van der Waals surface area contributed by atoms with Crippen molar-refractivity contribution in [2.75, 3.05) is 5.32 Å². The maximum absolute atomic E-state index is 13.3. The number of aryl methyl sites for hydroxylation is 1. The molecule has 0 spiro atoms. The first-order valence-electron chi connectivity index (χ1n) is 11.8. The van der Waals surface area contributed by atoms with Crippen molar-refractivity contribution in [1.29, 1.82) is 0 Å². The molecule has 5 aromatic heterocycles. The van der Waals surface area contributed by atoms with E-state index in [0.29, 0.717) is 18.5 Å². The number of nitrogens with one attached hydrogen (secondary N) is 1. The second-order valence-electron chi connectivity index (χ2n) is 8.82. The van der Waals surface area contributed by atoms with E-state index in [-0.39, 0.29) is 5.56 Å². The number of pyridine rings is 4. The van der Waals surface area contributed by atoms with Crippen LogP contribution in [0.25, 0.3) is 27.5 Å². The molecule has 5 heterocycles. The third kappa shape index (κ3) is 4.22. The quantitative estimate of drug-likeness (QED) is 0.366. The van der Waals surface area contributed by atoms with E-state index in [1.807, 2.05) is 103 Å². The Bertz CT molecular complexity index is 1750. The first kappa shape index (κ1) is 21.7. The first-order valence-corrected chi connectivity index (χ1v) is 11.8.